The molecular formula is C12H7BrClS2. The van der Waals surface area contributed by atoms with Crippen molar-refractivity contribution in [1.82, 2.24) is 0 Å². The van der Waals surface area contributed by atoms with E-state index in [1.807, 2.05) is 24.3 Å². The predicted molar refractivity (Wildman–Crippen MR) is 80.1 cm³/mol. The molecule has 1 atom stereocenters. The normalized spacial score (nSPS) is 25.1. The van der Waals surface area contributed by atoms with Gasteiger partial charge in [0.2, 0.25) is 0 Å². The van der Waals surface area contributed by atoms with Crippen molar-refractivity contribution in [2.24, 2.45) is 5.92 Å². The topological polar surface area (TPSA) is 0 Å². The van der Waals surface area contributed by atoms with E-state index in [-0.39, 0.29) is 5.92 Å². The maximum atomic E-state index is 6.00. The maximum absolute atomic E-state index is 6.00. The minimum atomic E-state index is 0.0179. The second kappa shape index (κ2) is 5.05. The minimum absolute atomic E-state index is 0.0179. The average molecular weight is 331 g/mol. The molecule has 0 aromatic carbocycles. The summed E-state index contributed by atoms with van der Waals surface area (Å²) >= 11 is 20.0. The van der Waals surface area contributed by atoms with Crippen LogP contribution in [-0.2, 0) is 0 Å². The molecule has 0 fully saturated rings. The highest BCUT2D eigenvalue weighted by Crippen LogP contribution is 2.30. The smallest absolute Gasteiger partial charge is 0.0403 e. The molecule has 0 nitrogen and oxygen atoms in total. The second-order valence-corrected chi connectivity index (χ2v) is 5.78. The van der Waals surface area contributed by atoms with Gasteiger partial charge in [0.15, 0.2) is 0 Å². The Morgan fingerprint density at radius 1 is 1.44 bits per heavy atom. The summed E-state index contributed by atoms with van der Waals surface area (Å²) in [5.74, 6) is 0.0179. The minimum Gasteiger partial charge on any atom is -0.0847 e. The summed E-state index contributed by atoms with van der Waals surface area (Å²) in [5, 5.41) is 0.727. The van der Waals surface area contributed by atoms with Gasteiger partial charge in [-0.05, 0) is 23.8 Å². The molecule has 4 heteroatoms. The molecule has 1 radical (unpaired) electrons. The predicted octanol–water partition coefficient (Wildman–Crippen LogP) is 4.45. The Bertz CT molecular complexity index is 483. The van der Waals surface area contributed by atoms with Crippen LogP contribution < -0.4 is 0 Å². The van der Waals surface area contributed by atoms with Crippen LogP contribution >= 0.6 is 52.0 Å². The van der Waals surface area contributed by atoms with Gasteiger partial charge in [0.25, 0.3) is 0 Å². The number of rotatable bonds is 1. The van der Waals surface area contributed by atoms with Gasteiger partial charge in [-0.2, -0.15) is 0 Å². The molecule has 81 valence electrons. The van der Waals surface area contributed by atoms with Crippen molar-refractivity contribution in [3.8, 4) is 0 Å². The van der Waals surface area contributed by atoms with Gasteiger partial charge >= 0.3 is 0 Å². The first-order valence-corrected chi connectivity index (χ1v) is 6.68. The van der Waals surface area contributed by atoms with E-state index in [1.54, 1.807) is 0 Å². The zero-order valence-corrected chi connectivity index (χ0v) is 12.1. The van der Waals surface area contributed by atoms with Gasteiger partial charge in [-0.15, -0.1) is 0 Å². The molecule has 2 rings (SSSR count). The van der Waals surface area contributed by atoms with Crippen LogP contribution in [0, 0.1) is 12.0 Å². The molecule has 0 aliphatic heterocycles. The maximum Gasteiger partial charge on any atom is 0.0403 e. The Kier molecular flexibility index (Phi) is 3.90. The molecule has 0 saturated heterocycles. The van der Waals surface area contributed by atoms with Crippen molar-refractivity contribution >= 4 is 61.7 Å². The second-order valence-electron chi connectivity index (χ2n) is 3.50. The Morgan fingerprint density at radius 2 is 2.19 bits per heavy atom. The molecule has 0 saturated carbocycles. The van der Waals surface area contributed by atoms with Gasteiger partial charge in [0.05, 0.1) is 0 Å². The van der Waals surface area contributed by atoms with Gasteiger partial charge in [0, 0.05) is 31.6 Å². The highest BCUT2D eigenvalue weighted by Gasteiger charge is 2.23. The summed E-state index contributed by atoms with van der Waals surface area (Å²) in [6.07, 6.45) is 11.4. The Morgan fingerprint density at radius 3 is 2.94 bits per heavy atom. The number of hydrogen-bond donors (Lipinski definition) is 0. The monoisotopic (exact) mass is 329 g/mol. The molecule has 2 aliphatic rings. The first kappa shape index (κ1) is 12.4. The number of halogens is 2. The lowest BCUT2D eigenvalue weighted by atomic mass is 9.87. The van der Waals surface area contributed by atoms with Crippen LogP contribution in [0.3, 0.4) is 0 Å². The Balaban J connectivity index is 2.38. The molecular weight excluding hydrogens is 324 g/mol. The van der Waals surface area contributed by atoms with Crippen LogP contribution in [0.5, 0.6) is 0 Å². The molecule has 0 aromatic rings. The average Bonchev–Trinajstić information content (AvgIpc) is 2.25. The highest BCUT2D eigenvalue weighted by molar-refractivity contribution is 9.11. The van der Waals surface area contributed by atoms with E-state index >= 15 is 0 Å². The van der Waals surface area contributed by atoms with E-state index in [1.165, 1.54) is 0 Å². The van der Waals surface area contributed by atoms with E-state index in [0.717, 1.165) is 24.8 Å². The van der Waals surface area contributed by atoms with Crippen molar-refractivity contribution in [2.75, 3.05) is 0 Å². The summed E-state index contributed by atoms with van der Waals surface area (Å²) in [4.78, 5) is 1.65. The molecule has 0 bridgehead atoms. The van der Waals surface area contributed by atoms with Crippen molar-refractivity contribution in [2.45, 2.75) is 6.42 Å². The van der Waals surface area contributed by atoms with Gasteiger partial charge in [-0.3, -0.25) is 0 Å². The number of thiocarbonyl (C=S) groups is 2. The van der Waals surface area contributed by atoms with Crippen LogP contribution in [-0.4, -0.2) is 9.73 Å². The summed E-state index contributed by atoms with van der Waals surface area (Å²) < 4.78 is 0.973. The fourth-order valence-electron chi connectivity index (χ4n) is 1.60. The summed E-state index contributed by atoms with van der Waals surface area (Å²) in [7, 11) is 0. The molecule has 0 N–H and O–H groups in total. The SMILES string of the molecule is S=C1CC=C(Cl)C=C1C1C=C(Br)C=[C]C1=S. The third-order valence-electron chi connectivity index (χ3n) is 2.39. The summed E-state index contributed by atoms with van der Waals surface area (Å²) in [6.45, 7) is 0. The Labute approximate surface area is 119 Å². The zero-order valence-electron chi connectivity index (χ0n) is 8.17. The number of hydrogen-bond acceptors (Lipinski definition) is 2. The van der Waals surface area contributed by atoms with Gasteiger partial charge in [-0.25, -0.2) is 0 Å². The van der Waals surface area contributed by atoms with E-state index in [4.69, 9.17) is 36.0 Å². The standard InChI is InChI=1S/C12H7BrClS2/c13-7-1-3-11(15)9(5-7)10-6-8(14)2-4-12(10)16/h1-2,5-6,9H,4H2. The quantitative estimate of drug-likeness (QED) is 0.652. The largest absolute Gasteiger partial charge is 0.0847 e. The number of allylic oxidation sites excluding steroid dienone is 8. The van der Waals surface area contributed by atoms with Crippen LogP contribution in [0.15, 0.2) is 39.4 Å². The molecule has 0 heterocycles. The van der Waals surface area contributed by atoms with Crippen molar-refractivity contribution in [3.05, 3.63) is 45.5 Å². The van der Waals surface area contributed by atoms with E-state index in [9.17, 15) is 0 Å². The lowest BCUT2D eigenvalue weighted by molar-refractivity contribution is 1.09. The van der Waals surface area contributed by atoms with Crippen molar-refractivity contribution in [3.63, 3.8) is 0 Å². The van der Waals surface area contributed by atoms with Gasteiger partial charge in [0.1, 0.15) is 0 Å². The lowest BCUT2D eigenvalue weighted by Crippen LogP contribution is -2.20. The summed E-state index contributed by atoms with van der Waals surface area (Å²) in [6, 6.07) is 0. The fraction of sp³-hybridized carbons (Fsp3) is 0.167. The van der Waals surface area contributed by atoms with Gasteiger partial charge in [-0.1, -0.05) is 64.1 Å². The molecule has 16 heavy (non-hydrogen) atoms. The third-order valence-corrected chi connectivity index (χ3v) is 3.92. The molecule has 0 aromatic heterocycles. The van der Waals surface area contributed by atoms with Crippen molar-refractivity contribution in [1.29, 1.82) is 0 Å². The van der Waals surface area contributed by atoms with Crippen molar-refractivity contribution < 1.29 is 0 Å². The summed E-state index contributed by atoms with van der Waals surface area (Å²) in [5.41, 5.74) is 1.02. The first-order valence-electron chi connectivity index (χ1n) is 4.69. The first-order chi connectivity index (χ1) is 7.58. The highest BCUT2D eigenvalue weighted by atomic mass is 79.9. The van der Waals surface area contributed by atoms with E-state index in [0.29, 0.717) is 6.42 Å². The zero-order chi connectivity index (χ0) is 11.7. The Hall–Kier alpha value is -0.0900. The molecule has 1 unspecified atom stereocenters. The molecule has 2 aliphatic carbocycles. The fourth-order valence-corrected chi connectivity index (χ4v) is 2.70. The van der Waals surface area contributed by atoms with Crippen LogP contribution in [0.4, 0.5) is 0 Å². The lowest BCUT2D eigenvalue weighted by Gasteiger charge is -2.21. The van der Waals surface area contributed by atoms with E-state index < -0.39 is 0 Å². The van der Waals surface area contributed by atoms with Crippen LogP contribution in [0.1, 0.15) is 6.42 Å². The third kappa shape index (κ3) is 2.59. The van der Waals surface area contributed by atoms with Crippen LogP contribution in [0.2, 0.25) is 0 Å². The van der Waals surface area contributed by atoms with E-state index in [2.05, 4.69) is 22.0 Å². The molecule has 0 amide bonds. The van der Waals surface area contributed by atoms with Crippen LogP contribution in [0.25, 0.3) is 0 Å². The molecule has 0 spiro atoms. The van der Waals surface area contributed by atoms with Gasteiger partial charge < -0.3 is 0 Å².